The minimum atomic E-state index is -1.78. The normalized spacial score (nSPS) is 16.8. The number of aromatic nitrogens is 4. The molecule has 0 aliphatic carbocycles. The second-order valence-electron chi connectivity index (χ2n) is 18.4. The highest BCUT2D eigenvalue weighted by molar-refractivity contribution is 5.97. The molecule has 7 aromatic rings. The molecule has 7 heteroatoms. The molecule has 0 spiro atoms. The summed E-state index contributed by atoms with van der Waals surface area (Å²) in [5.74, 6) is 0.679. The van der Waals surface area contributed by atoms with Crippen molar-refractivity contribution in [2.24, 2.45) is 0 Å². The van der Waals surface area contributed by atoms with Gasteiger partial charge in [-0.15, -0.1) is 0 Å². The predicted molar refractivity (Wildman–Crippen MR) is 273 cm³/mol. The Balaban J connectivity index is 1.54. The van der Waals surface area contributed by atoms with Crippen molar-refractivity contribution in [1.82, 2.24) is 19.9 Å². The number of rotatable bonds is 14. The number of aliphatic hydroxyl groups is 2. The Kier molecular flexibility index (Phi) is 12.7. The third-order valence-electron chi connectivity index (χ3n) is 13.6. The van der Waals surface area contributed by atoms with Crippen LogP contribution in [0.25, 0.3) is 78.7 Å². The van der Waals surface area contributed by atoms with Gasteiger partial charge >= 0.3 is 0 Å². The van der Waals surface area contributed by atoms with Gasteiger partial charge in [0.05, 0.1) is 29.9 Å². The maximum atomic E-state index is 14.1. The second kappa shape index (κ2) is 18.7. The summed E-state index contributed by atoms with van der Waals surface area (Å²) in [4.78, 5) is 19.0. The van der Waals surface area contributed by atoms with Crippen LogP contribution in [-0.2, 0) is 11.2 Å². The quantitative estimate of drug-likeness (QED) is 0.0814. The van der Waals surface area contributed by atoms with Gasteiger partial charge in [-0.05, 0) is 104 Å². The highest BCUT2D eigenvalue weighted by atomic mass is 16.5. The number of aryl methyl sites for hydroxylation is 3. The van der Waals surface area contributed by atoms with Crippen molar-refractivity contribution in [2.45, 2.75) is 104 Å². The minimum Gasteiger partial charge on any atom is -0.497 e. The summed E-state index contributed by atoms with van der Waals surface area (Å²) in [5, 5.41) is 28.1. The molecule has 0 saturated heterocycles. The Hall–Kier alpha value is -6.54. The van der Waals surface area contributed by atoms with Crippen molar-refractivity contribution >= 4 is 34.2 Å². The fourth-order valence-corrected chi connectivity index (χ4v) is 10.2. The lowest BCUT2D eigenvalue weighted by atomic mass is 9.71. The molecule has 2 atom stereocenters. The summed E-state index contributed by atoms with van der Waals surface area (Å²) in [6.07, 6.45) is 11.2. The monoisotopic (exact) mass is 874 g/mol. The lowest BCUT2D eigenvalue weighted by Gasteiger charge is -2.40. The molecule has 66 heavy (non-hydrogen) atoms. The van der Waals surface area contributed by atoms with Crippen molar-refractivity contribution < 1.29 is 14.9 Å². The van der Waals surface area contributed by atoms with Gasteiger partial charge in [0.25, 0.3) is 0 Å². The van der Waals surface area contributed by atoms with E-state index in [1.807, 2.05) is 24.3 Å². The smallest absolute Gasteiger partial charge is 0.141 e. The summed E-state index contributed by atoms with van der Waals surface area (Å²) < 4.78 is 5.85. The largest absolute Gasteiger partial charge is 0.497 e. The molecule has 0 fully saturated rings. The summed E-state index contributed by atoms with van der Waals surface area (Å²) >= 11 is 0. The van der Waals surface area contributed by atoms with Gasteiger partial charge in [0.2, 0.25) is 0 Å². The Morgan fingerprint density at radius 3 is 1.30 bits per heavy atom. The first-order valence-electron chi connectivity index (χ1n) is 23.8. The lowest BCUT2D eigenvalue weighted by Crippen LogP contribution is -2.46. The third kappa shape index (κ3) is 8.31. The summed E-state index contributed by atoms with van der Waals surface area (Å²) in [5.41, 5.74) is 12.8. The Labute approximate surface area is 389 Å². The number of H-pyrrole nitrogens is 2. The number of hydrogen-bond acceptors (Lipinski definition) is 5. The molecule has 2 unspecified atom stereocenters. The molecule has 3 aromatic heterocycles. The van der Waals surface area contributed by atoms with Crippen LogP contribution in [0.5, 0.6) is 5.75 Å². The Bertz CT molecular complexity index is 3120. The molecule has 4 N–H and O–H groups in total. The second-order valence-corrected chi connectivity index (χ2v) is 18.4. The minimum absolute atomic E-state index is 0.317. The van der Waals surface area contributed by atoms with E-state index in [9.17, 15) is 10.2 Å². The van der Waals surface area contributed by atoms with E-state index in [0.29, 0.717) is 42.0 Å². The molecule has 4 aromatic carbocycles. The zero-order chi connectivity index (χ0) is 46.0. The zero-order valence-corrected chi connectivity index (χ0v) is 39.3. The van der Waals surface area contributed by atoms with Gasteiger partial charge in [-0.25, -0.2) is 9.97 Å². The van der Waals surface area contributed by atoms with Crippen molar-refractivity contribution in [3.05, 3.63) is 161 Å². The predicted octanol–water partition coefficient (Wildman–Crippen LogP) is 14.7. The van der Waals surface area contributed by atoms with Gasteiger partial charge in [0.1, 0.15) is 17.0 Å². The summed E-state index contributed by atoms with van der Waals surface area (Å²) in [7, 11) is 1.67. The number of unbranched alkanes of at least 4 members (excludes halogenated alkanes) is 5. The molecule has 7 nitrogen and oxygen atoms in total. The van der Waals surface area contributed by atoms with Gasteiger partial charge in [-0.2, -0.15) is 0 Å². The highest BCUT2D eigenvalue weighted by Gasteiger charge is 2.58. The third-order valence-corrected chi connectivity index (χ3v) is 13.6. The van der Waals surface area contributed by atoms with Crippen molar-refractivity contribution in [2.75, 3.05) is 7.11 Å². The number of fused-ring (bicyclic) bond motifs is 8. The molecule has 0 saturated carbocycles. The molecule has 5 heterocycles. The number of nitrogens with one attached hydrogen (secondary N) is 2. The number of benzene rings is 4. The summed E-state index contributed by atoms with van der Waals surface area (Å²) in [6, 6.07) is 41.9. The standard InChI is InChI=1S/C59H62N4O3/c1-7-9-11-13-33-59(65)56-54(43-23-16-20-40(5)36-43)50-30-28-48(61-50)52(41-21-14-18-38(3)34-41)46-26-27-47(60-46)53(42-22-15-19-39(4)35-42)49-29-31-51(62-49)55(44-24-17-25-45(37-44)66-6)57(63-56)58(59,64)32-12-10-8-2/h14-31,34-37,61-62,64-65H,7-13,32-33H2,1-6H3. The first-order chi connectivity index (χ1) is 32.0. The van der Waals surface area contributed by atoms with Crippen LogP contribution in [0.4, 0.5) is 0 Å². The fraction of sp³-hybridized carbons (Fsp3) is 0.288. The fourth-order valence-electron chi connectivity index (χ4n) is 10.2. The summed E-state index contributed by atoms with van der Waals surface area (Å²) in [6.45, 7) is 10.7. The first-order valence-corrected chi connectivity index (χ1v) is 23.8. The topological polar surface area (TPSA) is 107 Å². The van der Waals surface area contributed by atoms with E-state index in [1.165, 1.54) is 0 Å². The highest BCUT2D eigenvalue weighted by Crippen LogP contribution is 2.55. The number of hydrogen-bond donors (Lipinski definition) is 4. The Morgan fingerprint density at radius 2 is 0.864 bits per heavy atom. The van der Waals surface area contributed by atoms with E-state index in [-0.39, 0.29) is 0 Å². The van der Waals surface area contributed by atoms with E-state index in [0.717, 1.165) is 128 Å². The van der Waals surface area contributed by atoms with Crippen LogP contribution in [0.2, 0.25) is 0 Å². The van der Waals surface area contributed by atoms with Crippen molar-refractivity contribution in [3.63, 3.8) is 0 Å². The molecular weight excluding hydrogens is 813 g/mol. The van der Waals surface area contributed by atoms with Crippen LogP contribution in [-0.4, -0.2) is 37.3 Å². The van der Waals surface area contributed by atoms with Crippen molar-refractivity contribution in [3.8, 4) is 50.3 Å². The van der Waals surface area contributed by atoms with Gasteiger partial charge in [-0.1, -0.05) is 160 Å². The average molecular weight is 875 g/mol. The lowest BCUT2D eigenvalue weighted by molar-refractivity contribution is -0.167. The maximum absolute atomic E-state index is 14.1. The van der Waals surface area contributed by atoms with E-state index in [4.69, 9.17) is 14.7 Å². The van der Waals surface area contributed by atoms with Gasteiger partial charge < -0.3 is 24.9 Å². The van der Waals surface area contributed by atoms with E-state index >= 15 is 0 Å². The average Bonchev–Trinajstić information content (AvgIpc) is 4.13. The molecule has 0 amide bonds. The van der Waals surface area contributed by atoms with Crippen LogP contribution in [0.15, 0.2) is 121 Å². The molecular formula is C59H62N4O3. The van der Waals surface area contributed by atoms with Crippen LogP contribution in [0.1, 0.15) is 111 Å². The van der Waals surface area contributed by atoms with Crippen LogP contribution in [0.3, 0.4) is 0 Å². The van der Waals surface area contributed by atoms with Crippen LogP contribution < -0.4 is 4.74 Å². The van der Waals surface area contributed by atoms with E-state index < -0.39 is 11.2 Å². The molecule has 336 valence electrons. The van der Waals surface area contributed by atoms with Gasteiger partial charge in [0, 0.05) is 44.3 Å². The number of nitrogens with zero attached hydrogens (tertiary/aromatic N) is 2. The van der Waals surface area contributed by atoms with Crippen LogP contribution >= 0.6 is 0 Å². The Morgan fingerprint density at radius 1 is 0.470 bits per heavy atom. The molecule has 9 rings (SSSR count). The molecule has 8 bridgehead atoms. The molecule has 2 aliphatic heterocycles. The molecule has 0 radical (unpaired) electrons. The molecule has 2 aliphatic rings. The van der Waals surface area contributed by atoms with Gasteiger partial charge in [-0.3, -0.25) is 0 Å². The van der Waals surface area contributed by atoms with E-state index in [2.05, 4.69) is 154 Å². The number of ether oxygens (including phenoxy) is 1. The number of methoxy groups -OCH3 is 1. The SMILES string of the molecule is CCCCCCC1(O)c2nc(c(-c3cccc(OC)c3)c3ccc([nH]3)c(-c3cccc(C)c3)c3nc(c(-c4cccc(C)c4)c4ccc([nH]4)c2-c2cccc(C)c2)C=C3)C1(O)CCCCC. The van der Waals surface area contributed by atoms with Gasteiger partial charge in [0.15, 0.2) is 0 Å². The van der Waals surface area contributed by atoms with Crippen LogP contribution in [0, 0.1) is 20.8 Å². The van der Waals surface area contributed by atoms with E-state index in [1.54, 1.807) is 7.11 Å². The maximum Gasteiger partial charge on any atom is 0.141 e. The number of aromatic amines is 2. The van der Waals surface area contributed by atoms with Crippen molar-refractivity contribution in [1.29, 1.82) is 0 Å². The first kappa shape index (κ1) is 44.7. The zero-order valence-electron chi connectivity index (χ0n) is 39.3.